The summed E-state index contributed by atoms with van der Waals surface area (Å²) in [4.78, 5) is 20.3. The molecule has 4 rings (SSSR count). The molecule has 1 aliphatic carbocycles. The Kier molecular flexibility index (Phi) is 4.37. The number of hydrogen-bond acceptors (Lipinski definition) is 3. The Morgan fingerprint density at radius 2 is 1.85 bits per heavy atom. The maximum Gasteiger partial charge on any atom is 0.251 e. The van der Waals surface area contributed by atoms with Gasteiger partial charge in [-0.15, -0.1) is 0 Å². The summed E-state index contributed by atoms with van der Waals surface area (Å²) >= 11 is 0. The van der Waals surface area contributed by atoms with Gasteiger partial charge in [0.05, 0.1) is 11.0 Å². The van der Waals surface area contributed by atoms with Crippen molar-refractivity contribution in [3.63, 3.8) is 0 Å². The Morgan fingerprint density at radius 1 is 1.12 bits per heavy atom. The molecule has 26 heavy (non-hydrogen) atoms. The topological polar surface area (TPSA) is 83.8 Å². The number of aromatic nitrogens is 2. The lowest BCUT2D eigenvalue weighted by atomic mass is 9.87. The molecule has 1 heterocycles. The largest absolute Gasteiger partial charge is 0.399 e. The number of carbonyl (C=O) groups excluding carboxylic acids is 1. The van der Waals surface area contributed by atoms with Crippen LogP contribution in [-0.2, 0) is 0 Å². The molecular weight excluding hydrogens is 324 g/mol. The quantitative estimate of drug-likeness (QED) is 0.623. The minimum Gasteiger partial charge on any atom is -0.399 e. The van der Waals surface area contributed by atoms with Crippen LogP contribution in [0.2, 0.25) is 0 Å². The molecule has 0 spiro atoms. The van der Waals surface area contributed by atoms with E-state index < -0.39 is 0 Å². The van der Waals surface area contributed by atoms with Gasteiger partial charge in [0.2, 0.25) is 0 Å². The molecule has 0 atom stereocenters. The third-order valence-electron chi connectivity index (χ3n) is 5.28. The van der Waals surface area contributed by atoms with E-state index in [0.29, 0.717) is 17.3 Å². The molecule has 0 saturated heterocycles. The number of hydrogen-bond donors (Lipinski definition) is 3. The first-order chi connectivity index (χ1) is 12.6. The molecule has 0 unspecified atom stereocenters. The first kappa shape index (κ1) is 16.6. The molecule has 1 aliphatic rings. The third kappa shape index (κ3) is 3.43. The number of anilines is 1. The van der Waals surface area contributed by atoms with E-state index in [1.165, 1.54) is 12.8 Å². The van der Waals surface area contributed by atoms with Crippen molar-refractivity contribution >= 4 is 22.6 Å². The zero-order valence-corrected chi connectivity index (χ0v) is 15.0. The molecule has 0 aliphatic heterocycles. The maximum atomic E-state index is 12.5. The number of nitrogens with two attached hydrogens (primary N) is 1. The first-order valence-corrected chi connectivity index (χ1v) is 9.25. The zero-order chi connectivity index (χ0) is 18.1. The second kappa shape index (κ2) is 6.83. The van der Waals surface area contributed by atoms with Crippen LogP contribution in [0.1, 0.15) is 43.0 Å². The van der Waals surface area contributed by atoms with Gasteiger partial charge in [-0.2, -0.15) is 0 Å². The highest BCUT2D eigenvalue weighted by Crippen LogP contribution is 2.24. The second-order valence-electron chi connectivity index (χ2n) is 7.37. The number of amides is 1. The predicted octanol–water partition coefficient (Wildman–Crippen LogP) is 4.12. The lowest BCUT2D eigenvalue weighted by molar-refractivity contribution is 0.0923. The van der Waals surface area contributed by atoms with Crippen LogP contribution in [0.15, 0.2) is 42.5 Å². The second-order valence-corrected chi connectivity index (χ2v) is 7.37. The number of nitrogens with one attached hydrogen (secondary N) is 2. The highest BCUT2D eigenvalue weighted by Gasteiger charge is 2.20. The van der Waals surface area contributed by atoms with Gasteiger partial charge in [0.25, 0.3) is 5.91 Å². The van der Waals surface area contributed by atoms with Crippen molar-refractivity contribution in [1.82, 2.24) is 15.3 Å². The van der Waals surface area contributed by atoms with Crippen molar-refractivity contribution < 1.29 is 4.79 Å². The normalized spacial score (nSPS) is 20.2. The summed E-state index contributed by atoms with van der Waals surface area (Å²) in [5.41, 5.74) is 9.95. The van der Waals surface area contributed by atoms with E-state index in [-0.39, 0.29) is 5.91 Å². The van der Waals surface area contributed by atoms with E-state index in [4.69, 9.17) is 5.73 Å². The van der Waals surface area contributed by atoms with E-state index in [0.717, 1.165) is 41.2 Å². The lowest BCUT2D eigenvalue weighted by Gasteiger charge is -2.26. The summed E-state index contributed by atoms with van der Waals surface area (Å²) in [6, 6.07) is 13.5. The Hall–Kier alpha value is -2.82. The Labute approximate surface area is 153 Å². The number of carbonyl (C=O) groups is 1. The number of imidazole rings is 1. The standard InChI is InChI=1S/C21H24N4O/c1-13-2-9-17(10-3-13)23-21(26)15-6-4-14(5-7-15)20-24-18-11-8-16(22)12-19(18)25-20/h4-8,11-13,17H,2-3,9-10,22H2,1H3,(H,23,26)(H,24,25). The van der Waals surface area contributed by atoms with Crippen molar-refractivity contribution in [3.05, 3.63) is 48.0 Å². The van der Waals surface area contributed by atoms with Crippen LogP contribution in [-0.4, -0.2) is 21.9 Å². The van der Waals surface area contributed by atoms with Crippen LogP contribution in [0.4, 0.5) is 5.69 Å². The average molecular weight is 348 g/mol. The summed E-state index contributed by atoms with van der Waals surface area (Å²) in [5, 5.41) is 3.17. The molecule has 5 nitrogen and oxygen atoms in total. The van der Waals surface area contributed by atoms with E-state index >= 15 is 0 Å². The zero-order valence-electron chi connectivity index (χ0n) is 15.0. The van der Waals surface area contributed by atoms with E-state index in [2.05, 4.69) is 22.2 Å². The van der Waals surface area contributed by atoms with Crippen LogP contribution in [0.3, 0.4) is 0 Å². The fraction of sp³-hybridized carbons (Fsp3) is 0.333. The van der Waals surface area contributed by atoms with Gasteiger partial charge in [-0.1, -0.05) is 19.1 Å². The first-order valence-electron chi connectivity index (χ1n) is 9.25. The molecule has 134 valence electrons. The number of rotatable bonds is 3. The number of benzene rings is 2. The monoisotopic (exact) mass is 348 g/mol. The predicted molar refractivity (Wildman–Crippen MR) is 105 cm³/mol. The Bertz CT molecular complexity index is 921. The summed E-state index contributed by atoms with van der Waals surface area (Å²) in [5.74, 6) is 1.56. The number of nitrogen functional groups attached to an aromatic ring is 1. The minimum absolute atomic E-state index is 0.00785. The molecule has 0 bridgehead atoms. The third-order valence-corrected chi connectivity index (χ3v) is 5.28. The number of fused-ring (bicyclic) bond motifs is 1. The van der Waals surface area contributed by atoms with Gasteiger partial charge in [0.1, 0.15) is 5.82 Å². The summed E-state index contributed by atoms with van der Waals surface area (Å²) < 4.78 is 0. The van der Waals surface area contributed by atoms with Gasteiger partial charge in [-0.3, -0.25) is 4.79 Å². The van der Waals surface area contributed by atoms with Crippen LogP contribution >= 0.6 is 0 Å². The molecule has 5 heteroatoms. The number of H-pyrrole nitrogens is 1. The minimum atomic E-state index is 0.00785. The van der Waals surface area contributed by atoms with Crippen molar-refractivity contribution in [2.24, 2.45) is 5.92 Å². The summed E-state index contributed by atoms with van der Waals surface area (Å²) in [7, 11) is 0. The molecule has 1 saturated carbocycles. The summed E-state index contributed by atoms with van der Waals surface area (Å²) in [6.45, 7) is 2.28. The van der Waals surface area contributed by atoms with Crippen molar-refractivity contribution in [2.45, 2.75) is 38.6 Å². The molecule has 3 aromatic rings. The fourth-order valence-corrected chi connectivity index (χ4v) is 3.62. The van der Waals surface area contributed by atoms with Crippen LogP contribution in [0.5, 0.6) is 0 Å². The van der Waals surface area contributed by atoms with Crippen molar-refractivity contribution in [1.29, 1.82) is 0 Å². The molecule has 0 radical (unpaired) electrons. The molecule has 1 aromatic heterocycles. The van der Waals surface area contributed by atoms with E-state index in [9.17, 15) is 4.79 Å². The van der Waals surface area contributed by atoms with Gasteiger partial charge in [-0.25, -0.2) is 4.98 Å². The molecule has 2 aromatic carbocycles. The van der Waals surface area contributed by atoms with Gasteiger partial charge >= 0.3 is 0 Å². The molecule has 1 amide bonds. The molecular formula is C21H24N4O. The van der Waals surface area contributed by atoms with Crippen molar-refractivity contribution in [3.8, 4) is 11.4 Å². The molecule has 1 fully saturated rings. The maximum absolute atomic E-state index is 12.5. The smallest absolute Gasteiger partial charge is 0.251 e. The number of aromatic amines is 1. The van der Waals surface area contributed by atoms with E-state index in [1.54, 1.807) is 0 Å². The highest BCUT2D eigenvalue weighted by molar-refractivity contribution is 5.95. The van der Waals surface area contributed by atoms with Crippen molar-refractivity contribution in [2.75, 3.05) is 5.73 Å². The SMILES string of the molecule is CC1CCC(NC(=O)c2ccc(-c3nc4ccc(N)cc4[nH]3)cc2)CC1. The fourth-order valence-electron chi connectivity index (χ4n) is 3.62. The van der Waals surface area contributed by atoms with Crippen LogP contribution in [0.25, 0.3) is 22.4 Å². The van der Waals surface area contributed by atoms with Gasteiger partial charge in [-0.05, 0) is 61.9 Å². The Balaban J connectivity index is 1.48. The van der Waals surface area contributed by atoms with Gasteiger partial charge in [0.15, 0.2) is 0 Å². The van der Waals surface area contributed by atoms with Gasteiger partial charge in [0, 0.05) is 22.9 Å². The average Bonchev–Trinajstić information content (AvgIpc) is 3.07. The molecule has 4 N–H and O–H groups in total. The van der Waals surface area contributed by atoms with Crippen LogP contribution < -0.4 is 11.1 Å². The highest BCUT2D eigenvalue weighted by atomic mass is 16.1. The Morgan fingerprint density at radius 3 is 2.58 bits per heavy atom. The lowest BCUT2D eigenvalue weighted by Crippen LogP contribution is -2.37. The number of nitrogens with zero attached hydrogens (tertiary/aromatic N) is 1. The van der Waals surface area contributed by atoms with E-state index in [1.807, 2.05) is 42.5 Å². The summed E-state index contributed by atoms with van der Waals surface area (Å²) in [6.07, 6.45) is 4.54. The van der Waals surface area contributed by atoms with Gasteiger partial charge < -0.3 is 16.0 Å². The van der Waals surface area contributed by atoms with Crippen LogP contribution in [0, 0.1) is 5.92 Å².